The number of anilines is 1. The fourth-order valence-corrected chi connectivity index (χ4v) is 5.96. The third-order valence-electron chi connectivity index (χ3n) is 5.35. The average Bonchev–Trinajstić information content (AvgIpc) is 3.23. The molecule has 0 atom stereocenters. The Labute approximate surface area is 205 Å². The molecule has 0 bridgehead atoms. The third kappa shape index (κ3) is 5.75. The Morgan fingerprint density at radius 2 is 1.68 bits per heavy atom. The molecule has 0 aliphatic carbocycles. The minimum atomic E-state index is -3.58. The predicted octanol–water partition coefficient (Wildman–Crippen LogP) is 3.93. The Morgan fingerprint density at radius 1 is 1.00 bits per heavy atom. The van der Waals surface area contributed by atoms with Crippen molar-refractivity contribution in [2.24, 2.45) is 0 Å². The van der Waals surface area contributed by atoms with Crippen LogP contribution in [0.4, 0.5) is 5.13 Å². The second-order valence-electron chi connectivity index (χ2n) is 7.93. The number of benzene rings is 2. The molecule has 1 amide bonds. The van der Waals surface area contributed by atoms with Crippen LogP contribution in [0.25, 0.3) is 10.2 Å². The van der Waals surface area contributed by atoms with E-state index in [-0.39, 0.29) is 10.8 Å². The Hall–Kier alpha value is -2.53. The summed E-state index contributed by atoms with van der Waals surface area (Å²) in [5, 5.41) is 0.593. The summed E-state index contributed by atoms with van der Waals surface area (Å²) in [5.74, 6) is 0.541. The summed E-state index contributed by atoms with van der Waals surface area (Å²) in [5.41, 5.74) is 1.21. The van der Waals surface area contributed by atoms with Crippen molar-refractivity contribution in [1.82, 2.24) is 14.2 Å². The Balaban J connectivity index is 1.93. The summed E-state index contributed by atoms with van der Waals surface area (Å²) in [6.07, 6.45) is 0. The molecule has 1 aromatic heterocycles. The highest BCUT2D eigenvalue weighted by atomic mass is 32.2. The van der Waals surface area contributed by atoms with E-state index in [9.17, 15) is 13.2 Å². The summed E-state index contributed by atoms with van der Waals surface area (Å²) in [7, 11) is 0.309. The SMILES string of the molecule is CCOc1ccc2nc(N(CCN(C)C)C(=O)c3ccc(S(=O)(=O)N(CC)CC)cc3)sc2c1. The van der Waals surface area contributed by atoms with Crippen LogP contribution in [-0.2, 0) is 10.0 Å². The molecule has 0 N–H and O–H groups in total. The van der Waals surface area contributed by atoms with E-state index in [1.54, 1.807) is 30.9 Å². The van der Waals surface area contributed by atoms with Crippen LogP contribution in [0.3, 0.4) is 0 Å². The summed E-state index contributed by atoms with van der Waals surface area (Å²) < 4.78 is 33.5. The minimum absolute atomic E-state index is 0.177. The number of aromatic nitrogens is 1. The smallest absolute Gasteiger partial charge is 0.260 e. The Kier molecular flexibility index (Phi) is 8.64. The lowest BCUT2D eigenvalue weighted by molar-refractivity contribution is 0.0985. The maximum atomic E-state index is 13.5. The van der Waals surface area contributed by atoms with E-state index >= 15 is 0 Å². The largest absolute Gasteiger partial charge is 0.494 e. The predicted molar refractivity (Wildman–Crippen MR) is 138 cm³/mol. The van der Waals surface area contributed by atoms with Gasteiger partial charge >= 0.3 is 0 Å². The van der Waals surface area contributed by atoms with Crippen LogP contribution in [-0.4, -0.2) is 75.4 Å². The molecule has 10 heteroatoms. The van der Waals surface area contributed by atoms with E-state index < -0.39 is 10.0 Å². The quantitative estimate of drug-likeness (QED) is 0.393. The van der Waals surface area contributed by atoms with Gasteiger partial charge in [-0.2, -0.15) is 4.31 Å². The molecule has 0 saturated carbocycles. The molecular weight excluding hydrogens is 472 g/mol. The molecule has 0 aliphatic rings. The maximum absolute atomic E-state index is 13.5. The van der Waals surface area contributed by atoms with Crippen LogP contribution >= 0.6 is 11.3 Å². The standard InChI is InChI=1S/C24H32N4O4S2/c1-6-27(7-2)34(30,31)20-12-9-18(10-13-20)23(29)28(16-15-26(4)5)24-25-21-14-11-19(32-8-3)17-22(21)33-24/h9-14,17H,6-8,15-16H2,1-5H3. The number of likely N-dealkylation sites (N-methyl/N-ethyl adjacent to an activating group) is 1. The molecule has 0 unspecified atom stereocenters. The van der Waals surface area contributed by atoms with Gasteiger partial charge in [0.1, 0.15) is 5.75 Å². The zero-order valence-corrected chi connectivity index (χ0v) is 21.9. The van der Waals surface area contributed by atoms with Gasteiger partial charge in [0.05, 0.1) is 21.7 Å². The molecule has 34 heavy (non-hydrogen) atoms. The van der Waals surface area contributed by atoms with E-state index in [1.807, 2.05) is 44.1 Å². The van der Waals surface area contributed by atoms with Crippen molar-refractivity contribution in [2.75, 3.05) is 51.8 Å². The van der Waals surface area contributed by atoms with Gasteiger partial charge in [-0.1, -0.05) is 25.2 Å². The highest BCUT2D eigenvalue weighted by molar-refractivity contribution is 7.89. The zero-order chi connectivity index (χ0) is 24.9. The van der Waals surface area contributed by atoms with Crippen LogP contribution in [0, 0.1) is 0 Å². The second-order valence-corrected chi connectivity index (χ2v) is 10.9. The van der Waals surface area contributed by atoms with Gasteiger partial charge < -0.3 is 9.64 Å². The van der Waals surface area contributed by atoms with Gasteiger partial charge in [-0.15, -0.1) is 0 Å². The van der Waals surface area contributed by atoms with E-state index in [0.717, 1.165) is 16.0 Å². The van der Waals surface area contributed by atoms with E-state index in [0.29, 0.717) is 43.5 Å². The second kappa shape index (κ2) is 11.3. The molecule has 8 nitrogen and oxygen atoms in total. The van der Waals surface area contributed by atoms with Crippen molar-refractivity contribution in [3.05, 3.63) is 48.0 Å². The van der Waals surface area contributed by atoms with Gasteiger partial charge in [0, 0.05) is 31.7 Å². The number of ether oxygens (including phenoxy) is 1. The van der Waals surface area contributed by atoms with Crippen LogP contribution in [0.1, 0.15) is 31.1 Å². The topological polar surface area (TPSA) is 83.0 Å². The number of thiazole rings is 1. The maximum Gasteiger partial charge on any atom is 0.260 e. The highest BCUT2D eigenvalue weighted by Gasteiger charge is 2.24. The van der Waals surface area contributed by atoms with Gasteiger partial charge in [0.25, 0.3) is 5.91 Å². The summed E-state index contributed by atoms with van der Waals surface area (Å²) in [4.78, 5) is 22.0. The first-order valence-corrected chi connectivity index (χ1v) is 13.6. The molecule has 184 valence electrons. The number of carbonyl (C=O) groups excluding carboxylic acids is 1. The van der Waals surface area contributed by atoms with E-state index in [1.165, 1.54) is 27.8 Å². The lowest BCUT2D eigenvalue weighted by Gasteiger charge is -2.22. The monoisotopic (exact) mass is 504 g/mol. The summed E-state index contributed by atoms with van der Waals surface area (Å²) in [6.45, 7) is 7.99. The normalized spacial score (nSPS) is 12.0. The van der Waals surface area contributed by atoms with E-state index in [2.05, 4.69) is 4.98 Å². The number of fused-ring (bicyclic) bond motifs is 1. The van der Waals surface area contributed by atoms with Crippen LogP contribution in [0.2, 0.25) is 0 Å². The van der Waals surface area contributed by atoms with Gasteiger partial charge in [0.2, 0.25) is 10.0 Å². The number of carbonyl (C=O) groups is 1. The fourth-order valence-electron chi connectivity index (χ4n) is 3.49. The van der Waals surface area contributed by atoms with Crippen molar-refractivity contribution in [3.8, 4) is 5.75 Å². The van der Waals surface area contributed by atoms with E-state index in [4.69, 9.17) is 4.74 Å². The number of hydrogen-bond acceptors (Lipinski definition) is 7. The first-order valence-electron chi connectivity index (χ1n) is 11.3. The zero-order valence-electron chi connectivity index (χ0n) is 20.3. The Bertz CT molecular complexity index is 1220. The lowest BCUT2D eigenvalue weighted by atomic mass is 10.2. The van der Waals surface area contributed by atoms with Gasteiger partial charge in [0.15, 0.2) is 5.13 Å². The highest BCUT2D eigenvalue weighted by Crippen LogP contribution is 2.32. The lowest BCUT2D eigenvalue weighted by Crippen LogP contribution is -2.36. The molecule has 1 heterocycles. The van der Waals surface area contributed by atoms with Crippen LogP contribution < -0.4 is 9.64 Å². The average molecular weight is 505 g/mol. The minimum Gasteiger partial charge on any atom is -0.494 e. The van der Waals surface area contributed by atoms with Gasteiger partial charge in [-0.05, 0) is 63.5 Å². The molecule has 0 saturated heterocycles. The molecule has 0 fully saturated rings. The molecule has 3 rings (SSSR count). The Morgan fingerprint density at radius 3 is 2.26 bits per heavy atom. The molecule has 0 radical (unpaired) electrons. The van der Waals surface area contributed by atoms with Crippen molar-refractivity contribution in [2.45, 2.75) is 25.7 Å². The third-order valence-corrected chi connectivity index (χ3v) is 8.46. The number of rotatable bonds is 11. The van der Waals surface area contributed by atoms with Crippen molar-refractivity contribution in [1.29, 1.82) is 0 Å². The number of sulfonamides is 1. The first kappa shape index (κ1) is 26.1. The van der Waals surface area contributed by atoms with Crippen molar-refractivity contribution < 1.29 is 17.9 Å². The fraction of sp³-hybridized carbons (Fsp3) is 0.417. The van der Waals surface area contributed by atoms with Gasteiger partial charge in [-0.3, -0.25) is 9.69 Å². The summed E-state index contributed by atoms with van der Waals surface area (Å²) in [6, 6.07) is 11.8. The van der Waals surface area contributed by atoms with Gasteiger partial charge in [-0.25, -0.2) is 13.4 Å². The van der Waals surface area contributed by atoms with Crippen LogP contribution in [0.5, 0.6) is 5.75 Å². The first-order chi connectivity index (χ1) is 16.2. The van der Waals surface area contributed by atoms with Crippen LogP contribution in [0.15, 0.2) is 47.4 Å². The molecule has 2 aromatic carbocycles. The number of nitrogens with zero attached hydrogens (tertiary/aromatic N) is 4. The number of hydrogen-bond donors (Lipinski definition) is 0. The molecule has 3 aromatic rings. The molecule has 0 spiro atoms. The summed E-state index contributed by atoms with van der Waals surface area (Å²) >= 11 is 1.43. The van der Waals surface area contributed by atoms with Crippen molar-refractivity contribution in [3.63, 3.8) is 0 Å². The van der Waals surface area contributed by atoms with Crippen molar-refractivity contribution >= 4 is 42.6 Å². The molecular formula is C24H32N4O4S2. The molecule has 0 aliphatic heterocycles. The number of amides is 1.